The van der Waals surface area contributed by atoms with Crippen molar-refractivity contribution in [3.63, 3.8) is 0 Å². The van der Waals surface area contributed by atoms with Gasteiger partial charge in [-0.15, -0.1) is 12.4 Å². The van der Waals surface area contributed by atoms with Crippen molar-refractivity contribution in [2.45, 2.75) is 50.1 Å². The van der Waals surface area contributed by atoms with Crippen LogP contribution in [0.3, 0.4) is 0 Å². The van der Waals surface area contributed by atoms with E-state index in [0.29, 0.717) is 0 Å². The van der Waals surface area contributed by atoms with Crippen LogP contribution in [-0.4, -0.2) is 24.2 Å². The zero-order valence-corrected chi connectivity index (χ0v) is 13.1. The quantitative estimate of drug-likeness (QED) is 0.786. The van der Waals surface area contributed by atoms with E-state index in [0.717, 1.165) is 25.3 Å². The third-order valence-electron chi connectivity index (χ3n) is 4.39. The van der Waals surface area contributed by atoms with Crippen molar-refractivity contribution in [2.75, 3.05) is 0 Å². The summed E-state index contributed by atoms with van der Waals surface area (Å²) in [5.74, 6) is 0. The number of carbonyl (C=O) groups excluding carboxylic acids is 1. The van der Waals surface area contributed by atoms with E-state index in [9.17, 15) is 18.0 Å². The maximum Gasteiger partial charge on any atom is 0.416 e. The Kier molecular flexibility index (Phi) is 5.41. The van der Waals surface area contributed by atoms with Crippen molar-refractivity contribution < 1.29 is 18.0 Å². The van der Waals surface area contributed by atoms with Gasteiger partial charge < -0.3 is 16.0 Å². The number of amides is 2. The molecule has 1 aliphatic heterocycles. The number of benzene rings is 1. The highest BCUT2D eigenvalue weighted by Crippen LogP contribution is 2.32. The lowest BCUT2D eigenvalue weighted by Crippen LogP contribution is -2.46. The fourth-order valence-electron chi connectivity index (χ4n) is 3.27. The first-order valence-corrected chi connectivity index (χ1v) is 7.39. The van der Waals surface area contributed by atoms with Gasteiger partial charge in [0.2, 0.25) is 0 Å². The second-order valence-corrected chi connectivity index (χ2v) is 5.88. The second-order valence-electron chi connectivity index (χ2n) is 5.88. The molecule has 2 amide bonds. The molecule has 0 spiro atoms. The minimum Gasteiger partial charge on any atom is -0.333 e. The molecule has 0 radical (unpaired) electrons. The van der Waals surface area contributed by atoms with E-state index < -0.39 is 11.7 Å². The van der Waals surface area contributed by atoms with Crippen LogP contribution < -0.4 is 16.0 Å². The van der Waals surface area contributed by atoms with Crippen LogP contribution >= 0.6 is 12.4 Å². The van der Waals surface area contributed by atoms with Crippen LogP contribution in [-0.2, 0) is 12.7 Å². The lowest BCUT2D eigenvalue weighted by molar-refractivity contribution is -0.138. The Morgan fingerprint density at radius 2 is 1.83 bits per heavy atom. The Bertz CT molecular complexity index is 567. The van der Waals surface area contributed by atoms with Gasteiger partial charge in [0.15, 0.2) is 0 Å². The molecular formula is C15H19ClF3N3O. The minimum atomic E-state index is -4.33. The van der Waals surface area contributed by atoms with Crippen molar-refractivity contribution in [1.82, 2.24) is 16.0 Å². The van der Waals surface area contributed by atoms with Gasteiger partial charge in [0, 0.05) is 12.6 Å². The summed E-state index contributed by atoms with van der Waals surface area (Å²) in [5.41, 5.74) is -0.335. The number of hydrogen-bond donors (Lipinski definition) is 3. The molecule has 2 aliphatic rings. The van der Waals surface area contributed by atoms with Crippen LogP contribution in [0.1, 0.15) is 30.4 Å². The van der Waals surface area contributed by atoms with Gasteiger partial charge in [0.1, 0.15) is 0 Å². The van der Waals surface area contributed by atoms with E-state index in [4.69, 9.17) is 0 Å². The molecule has 0 aromatic heterocycles. The Morgan fingerprint density at radius 3 is 2.57 bits per heavy atom. The normalized spacial score (nSPS) is 26.7. The molecule has 128 valence electrons. The van der Waals surface area contributed by atoms with E-state index in [1.807, 2.05) is 0 Å². The molecule has 4 nitrogen and oxygen atoms in total. The van der Waals surface area contributed by atoms with Gasteiger partial charge in [-0.3, -0.25) is 0 Å². The topological polar surface area (TPSA) is 53.2 Å². The first-order valence-electron chi connectivity index (χ1n) is 7.39. The summed E-state index contributed by atoms with van der Waals surface area (Å²) in [6.07, 6.45) is -1.92. The third-order valence-corrected chi connectivity index (χ3v) is 4.39. The molecule has 1 saturated heterocycles. The van der Waals surface area contributed by atoms with E-state index >= 15 is 0 Å². The molecule has 1 saturated carbocycles. The van der Waals surface area contributed by atoms with Crippen molar-refractivity contribution in [3.05, 3.63) is 35.4 Å². The highest BCUT2D eigenvalue weighted by Gasteiger charge is 2.37. The lowest BCUT2D eigenvalue weighted by atomic mass is 9.87. The highest BCUT2D eigenvalue weighted by atomic mass is 35.5. The van der Waals surface area contributed by atoms with Gasteiger partial charge in [-0.05, 0) is 30.9 Å². The van der Waals surface area contributed by atoms with Crippen LogP contribution in [0, 0.1) is 0 Å². The van der Waals surface area contributed by atoms with Gasteiger partial charge in [-0.25, -0.2) is 4.79 Å². The molecule has 8 heteroatoms. The third kappa shape index (κ3) is 4.09. The maximum atomic E-state index is 12.9. The van der Waals surface area contributed by atoms with Gasteiger partial charge in [0.25, 0.3) is 0 Å². The molecule has 23 heavy (non-hydrogen) atoms. The number of nitrogens with one attached hydrogen (secondary N) is 3. The summed E-state index contributed by atoms with van der Waals surface area (Å²) in [6, 6.07) is 5.79. The molecule has 3 rings (SSSR count). The summed E-state index contributed by atoms with van der Waals surface area (Å²) in [6.45, 7) is 0.180. The Morgan fingerprint density at radius 1 is 1.13 bits per heavy atom. The average molecular weight is 350 g/mol. The molecule has 2 fully saturated rings. The van der Waals surface area contributed by atoms with E-state index in [2.05, 4.69) is 16.0 Å². The number of hydrogen-bond acceptors (Lipinski definition) is 2. The zero-order valence-electron chi connectivity index (χ0n) is 12.3. The SMILES string of the molecule is Cl.O=C1NC2CCC(NCc3ccccc3C(F)(F)F)CC2N1. The highest BCUT2D eigenvalue weighted by molar-refractivity contribution is 5.85. The zero-order chi connectivity index (χ0) is 15.7. The number of fused-ring (bicyclic) bond motifs is 1. The van der Waals surface area contributed by atoms with E-state index in [1.165, 1.54) is 12.1 Å². The van der Waals surface area contributed by atoms with Gasteiger partial charge in [-0.1, -0.05) is 18.2 Å². The Hall–Kier alpha value is -1.47. The number of alkyl halides is 3. The standard InChI is InChI=1S/C15H18F3N3O.ClH/c16-15(17,18)11-4-2-1-3-9(11)8-19-10-5-6-12-13(7-10)21-14(22)20-12;/h1-4,10,12-13,19H,5-8H2,(H2,20,21,22);1H. The summed E-state index contributed by atoms with van der Waals surface area (Å²) >= 11 is 0. The van der Waals surface area contributed by atoms with Crippen molar-refractivity contribution in [3.8, 4) is 0 Å². The van der Waals surface area contributed by atoms with E-state index in [1.54, 1.807) is 6.07 Å². The van der Waals surface area contributed by atoms with Crippen molar-refractivity contribution in [1.29, 1.82) is 0 Å². The molecule has 3 atom stereocenters. The predicted molar refractivity (Wildman–Crippen MR) is 82.4 cm³/mol. The number of rotatable bonds is 3. The average Bonchev–Trinajstić information content (AvgIpc) is 2.83. The van der Waals surface area contributed by atoms with Gasteiger partial charge in [0.05, 0.1) is 17.6 Å². The summed E-state index contributed by atoms with van der Waals surface area (Å²) < 4.78 is 38.8. The smallest absolute Gasteiger partial charge is 0.333 e. The lowest BCUT2D eigenvalue weighted by Gasteiger charge is -2.31. The van der Waals surface area contributed by atoms with Crippen LogP contribution in [0.2, 0.25) is 0 Å². The Balaban J connectivity index is 0.00000192. The van der Waals surface area contributed by atoms with Gasteiger partial charge in [-0.2, -0.15) is 13.2 Å². The maximum absolute atomic E-state index is 12.9. The number of carbonyl (C=O) groups is 1. The molecular weight excluding hydrogens is 331 g/mol. The van der Waals surface area contributed by atoms with Crippen molar-refractivity contribution in [2.24, 2.45) is 0 Å². The van der Waals surface area contributed by atoms with E-state index in [-0.39, 0.29) is 48.7 Å². The Labute approximate surface area is 138 Å². The number of halogens is 4. The van der Waals surface area contributed by atoms with Crippen LogP contribution in [0.15, 0.2) is 24.3 Å². The van der Waals surface area contributed by atoms with Gasteiger partial charge >= 0.3 is 12.2 Å². The number of urea groups is 1. The monoisotopic (exact) mass is 349 g/mol. The first kappa shape index (κ1) is 17.9. The fraction of sp³-hybridized carbons (Fsp3) is 0.533. The minimum absolute atomic E-state index is 0. The fourth-order valence-corrected chi connectivity index (χ4v) is 3.27. The second kappa shape index (κ2) is 6.97. The molecule has 1 aromatic carbocycles. The largest absolute Gasteiger partial charge is 0.416 e. The molecule has 0 bridgehead atoms. The molecule has 1 aromatic rings. The van der Waals surface area contributed by atoms with Crippen LogP contribution in [0.25, 0.3) is 0 Å². The summed E-state index contributed by atoms with van der Waals surface area (Å²) in [5, 5.41) is 8.90. The van der Waals surface area contributed by atoms with Crippen LogP contribution in [0.5, 0.6) is 0 Å². The first-order chi connectivity index (χ1) is 10.4. The summed E-state index contributed by atoms with van der Waals surface area (Å²) in [7, 11) is 0. The molecule has 1 heterocycles. The predicted octanol–water partition coefficient (Wildman–Crippen LogP) is 2.82. The molecule has 3 N–H and O–H groups in total. The molecule has 3 unspecified atom stereocenters. The van der Waals surface area contributed by atoms with Crippen molar-refractivity contribution >= 4 is 18.4 Å². The van der Waals surface area contributed by atoms with Crippen LogP contribution in [0.4, 0.5) is 18.0 Å². The molecule has 1 aliphatic carbocycles. The summed E-state index contributed by atoms with van der Waals surface area (Å²) in [4.78, 5) is 11.3.